The van der Waals surface area contributed by atoms with Crippen LogP contribution in [0.1, 0.15) is 23.7 Å². The summed E-state index contributed by atoms with van der Waals surface area (Å²) in [6.07, 6.45) is 1.54. The van der Waals surface area contributed by atoms with Crippen LogP contribution in [-0.4, -0.2) is 35.6 Å². The van der Waals surface area contributed by atoms with Crippen LogP contribution in [0, 0.1) is 0 Å². The number of hydrogen-bond acceptors (Lipinski definition) is 7. The standard InChI is InChI=1S/C21H19NO7S/c1-2-28-20(24)21(19-5-3-4-14-22-19,15-6-10-17(23)11-7-15)16-8-12-18(13-9-16)29-30(25,26)27/h3-14,23H,2H2,1H3,(H,25,26,27). The summed E-state index contributed by atoms with van der Waals surface area (Å²) in [6, 6.07) is 16.8. The summed E-state index contributed by atoms with van der Waals surface area (Å²) >= 11 is 0. The molecule has 156 valence electrons. The van der Waals surface area contributed by atoms with E-state index in [4.69, 9.17) is 9.29 Å². The molecule has 0 bridgehead atoms. The molecule has 2 aromatic carbocycles. The highest BCUT2D eigenvalue weighted by atomic mass is 32.3. The minimum atomic E-state index is -4.69. The van der Waals surface area contributed by atoms with Gasteiger partial charge in [-0.1, -0.05) is 30.3 Å². The fourth-order valence-electron chi connectivity index (χ4n) is 3.22. The first-order chi connectivity index (χ1) is 14.3. The Morgan fingerprint density at radius 2 is 1.60 bits per heavy atom. The van der Waals surface area contributed by atoms with Gasteiger partial charge in [0, 0.05) is 6.20 Å². The Kier molecular flexibility index (Phi) is 6.04. The molecule has 0 spiro atoms. The lowest BCUT2D eigenvalue weighted by atomic mass is 9.71. The Labute approximate surface area is 173 Å². The highest BCUT2D eigenvalue weighted by Gasteiger charge is 2.46. The van der Waals surface area contributed by atoms with Crippen molar-refractivity contribution in [2.75, 3.05) is 6.61 Å². The molecule has 0 amide bonds. The fourth-order valence-corrected chi connectivity index (χ4v) is 3.57. The van der Waals surface area contributed by atoms with E-state index in [1.807, 2.05) is 0 Å². The van der Waals surface area contributed by atoms with Crippen molar-refractivity contribution in [2.45, 2.75) is 12.3 Å². The number of esters is 1. The number of carbonyl (C=O) groups is 1. The van der Waals surface area contributed by atoms with Crippen LogP contribution >= 0.6 is 0 Å². The van der Waals surface area contributed by atoms with E-state index in [0.29, 0.717) is 16.8 Å². The van der Waals surface area contributed by atoms with Gasteiger partial charge in [0.15, 0.2) is 5.41 Å². The predicted octanol–water partition coefficient (Wildman–Crippen LogP) is 2.87. The van der Waals surface area contributed by atoms with Gasteiger partial charge in [0.05, 0.1) is 12.3 Å². The molecule has 2 N–H and O–H groups in total. The van der Waals surface area contributed by atoms with Gasteiger partial charge in [-0.05, 0) is 54.4 Å². The zero-order valence-corrected chi connectivity index (χ0v) is 16.7. The van der Waals surface area contributed by atoms with Gasteiger partial charge in [-0.15, -0.1) is 0 Å². The fraction of sp³-hybridized carbons (Fsp3) is 0.143. The summed E-state index contributed by atoms with van der Waals surface area (Å²) in [4.78, 5) is 17.8. The van der Waals surface area contributed by atoms with Crippen molar-refractivity contribution in [1.29, 1.82) is 0 Å². The molecule has 0 aliphatic carbocycles. The maximum atomic E-state index is 13.4. The van der Waals surface area contributed by atoms with Crippen LogP contribution in [0.2, 0.25) is 0 Å². The van der Waals surface area contributed by atoms with Gasteiger partial charge in [-0.25, -0.2) is 0 Å². The number of carbonyl (C=O) groups excluding carboxylic acids is 1. The van der Waals surface area contributed by atoms with Crippen LogP contribution in [0.3, 0.4) is 0 Å². The lowest BCUT2D eigenvalue weighted by Crippen LogP contribution is -2.40. The number of hydrogen-bond donors (Lipinski definition) is 2. The quantitative estimate of drug-likeness (QED) is 0.434. The van der Waals surface area contributed by atoms with Crippen LogP contribution < -0.4 is 4.18 Å². The predicted molar refractivity (Wildman–Crippen MR) is 107 cm³/mol. The number of aromatic nitrogens is 1. The zero-order valence-electron chi connectivity index (χ0n) is 15.9. The monoisotopic (exact) mass is 429 g/mol. The van der Waals surface area contributed by atoms with Gasteiger partial charge >= 0.3 is 16.4 Å². The lowest BCUT2D eigenvalue weighted by molar-refractivity contribution is -0.147. The van der Waals surface area contributed by atoms with Crippen LogP contribution in [0.15, 0.2) is 72.9 Å². The average Bonchev–Trinajstić information content (AvgIpc) is 2.71. The first-order valence-electron chi connectivity index (χ1n) is 8.93. The number of rotatable bonds is 7. The molecule has 0 radical (unpaired) electrons. The average molecular weight is 429 g/mol. The van der Waals surface area contributed by atoms with Crippen LogP contribution in [0.4, 0.5) is 0 Å². The molecule has 0 aliphatic rings. The summed E-state index contributed by atoms with van der Waals surface area (Å²) in [5, 5.41) is 9.72. The van der Waals surface area contributed by atoms with E-state index in [1.165, 1.54) is 36.4 Å². The molecule has 8 nitrogen and oxygen atoms in total. The molecule has 30 heavy (non-hydrogen) atoms. The molecule has 1 atom stereocenters. The van der Waals surface area contributed by atoms with E-state index in [-0.39, 0.29) is 18.1 Å². The van der Waals surface area contributed by atoms with Gasteiger partial charge in [-0.2, -0.15) is 8.42 Å². The molecule has 1 heterocycles. The van der Waals surface area contributed by atoms with E-state index in [1.54, 1.807) is 43.5 Å². The number of pyridine rings is 1. The van der Waals surface area contributed by atoms with Gasteiger partial charge in [-0.3, -0.25) is 14.3 Å². The second kappa shape index (κ2) is 8.52. The summed E-state index contributed by atoms with van der Waals surface area (Å²) in [5.41, 5.74) is -0.215. The highest BCUT2D eigenvalue weighted by molar-refractivity contribution is 7.81. The van der Waals surface area contributed by atoms with E-state index in [2.05, 4.69) is 9.17 Å². The minimum absolute atomic E-state index is 0.0226. The number of benzene rings is 2. The van der Waals surface area contributed by atoms with Crippen LogP contribution in [0.5, 0.6) is 11.5 Å². The molecule has 3 aromatic rings. The SMILES string of the molecule is CCOC(=O)C(c1ccc(O)cc1)(c1ccc(OS(=O)(=O)O)cc1)c1ccccn1. The molecule has 9 heteroatoms. The maximum absolute atomic E-state index is 13.4. The van der Waals surface area contributed by atoms with Crippen LogP contribution in [0.25, 0.3) is 0 Å². The third-order valence-electron chi connectivity index (χ3n) is 4.42. The van der Waals surface area contributed by atoms with Gasteiger partial charge in [0.1, 0.15) is 11.5 Å². The summed E-state index contributed by atoms with van der Waals surface area (Å²) < 4.78 is 40.7. The lowest BCUT2D eigenvalue weighted by Gasteiger charge is -2.32. The van der Waals surface area contributed by atoms with Crippen molar-refractivity contribution in [3.8, 4) is 11.5 Å². The Morgan fingerprint density at radius 1 is 1.00 bits per heavy atom. The molecule has 0 saturated heterocycles. The molecule has 0 saturated carbocycles. The topological polar surface area (TPSA) is 123 Å². The maximum Gasteiger partial charge on any atom is 0.446 e. The van der Waals surface area contributed by atoms with Crippen molar-refractivity contribution in [1.82, 2.24) is 4.98 Å². The molecule has 0 fully saturated rings. The van der Waals surface area contributed by atoms with E-state index >= 15 is 0 Å². The Morgan fingerprint density at radius 3 is 2.10 bits per heavy atom. The summed E-state index contributed by atoms with van der Waals surface area (Å²) in [7, 11) is -4.69. The number of ether oxygens (including phenoxy) is 1. The second-order valence-electron chi connectivity index (χ2n) is 6.27. The molecule has 1 unspecified atom stereocenters. The molecule has 3 rings (SSSR count). The number of aromatic hydroxyl groups is 1. The third kappa shape index (κ3) is 4.27. The first kappa shape index (κ1) is 21.3. The van der Waals surface area contributed by atoms with Crippen molar-refractivity contribution >= 4 is 16.4 Å². The van der Waals surface area contributed by atoms with Crippen molar-refractivity contribution < 1.29 is 31.8 Å². The second-order valence-corrected chi connectivity index (χ2v) is 7.29. The van der Waals surface area contributed by atoms with Crippen LogP contribution in [-0.2, 0) is 25.3 Å². The molecular weight excluding hydrogens is 410 g/mol. The van der Waals surface area contributed by atoms with Crippen molar-refractivity contribution in [2.24, 2.45) is 0 Å². The largest absolute Gasteiger partial charge is 0.508 e. The van der Waals surface area contributed by atoms with Gasteiger partial charge < -0.3 is 14.0 Å². The molecule has 0 aliphatic heterocycles. The number of phenols is 1. The normalized spacial score (nSPS) is 13.3. The van der Waals surface area contributed by atoms with E-state index in [0.717, 1.165) is 0 Å². The Balaban J connectivity index is 2.27. The number of phenolic OH excluding ortho intramolecular Hbond substituents is 1. The molecular formula is C21H19NO7S. The summed E-state index contributed by atoms with van der Waals surface area (Å²) in [5.74, 6) is -0.710. The Bertz CT molecular complexity index is 1110. The van der Waals surface area contributed by atoms with Crippen molar-refractivity contribution in [3.05, 3.63) is 89.7 Å². The summed E-state index contributed by atoms with van der Waals surface area (Å²) in [6.45, 7) is 1.80. The first-order valence-corrected chi connectivity index (χ1v) is 10.3. The smallest absolute Gasteiger partial charge is 0.446 e. The Hall–Kier alpha value is -3.43. The number of nitrogens with zero attached hydrogens (tertiary/aromatic N) is 1. The molecule has 1 aromatic heterocycles. The van der Waals surface area contributed by atoms with Crippen molar-refractivity contribution in [3.63, 3.8) is 0 Å². The van der Waals surface area contributed by atoms with E-state index < -0.39 is 21.8 Å². The minimum Gasteiger partial charge on any atom is -0.508 e. The zero-order chi connectivity index (χ0) is 21.8. The van der Waals surface area contributed by atoms with Gasteiger partial charge in [0.25, 0.3) is 0 Å². The third-order valence-corrected chi connectivity index (χ3v) is 4.82. The van der Waals surface area contributed by atoms with Gasteiger partial charge in [0.2, 0.25) is 0 Å². The highest BCUT2D eigenvalue weighted by Crippen LogP contribution is 2.40. The van der Waals surface area contributed by atoms with E-state index in [9.17, 15) is 18.3 Å².